The number of anilines is 3. The van der Waals surface area contributed by atoms with Crippen molar-refractivity contribution in [2.45, 2.75) is 0 Å². The van der Waals surface area contributed by atoms with Crippen LogP contribution in [-0.4, -0.2) is 26.3 Å². The normalized spacial score (nSPS) is 9.95. The topological polar surface area (TPSA) is 18.5 Å². The first-order chi connectivity index (χ1) is 9.58. The fourth-order valence-corrected chi connectivity index (χ4v) is 2.04. The van der Waals surface area contributed by atoms with Crippen LogP contribution in [0.15, 0.2) is 54.6 Å². The Morgan fingerprint density at radius 3 is 1.95 bits per heavy atom. The van der Waals surface area contributed by atoms with Crippen LogP contribution in [0.5, 0.6) is 0 Å². The molecule has 0 aromatic heterocycles. The maximum absolute atomic E-state index is 5.43. The van der Waals surface area contributed by atoms with Crippen LogP contribution in [0.1, 0.15) is 0 Å². The van der Waals surface area contributed by atoms with Crippen molar-refractivity contribution >= 4 is 34.4 Å². The average Bonchev–Trinajstić information content (AvgIpc) is 2.47. The quantitative estimate of drug-likeness (QED) is 0.868. The molecule has 0 amide bonds. The second-order valence-corrected chi connectivity index (χ2v) is 5.15. The second-order valence-electron chi connectivity index (χ2n) is 4.77. The zero-order chi connectivity index (χ0) is 14.5. The van der Waals surface area contributed by atoms with E-state index in [1.165, 1.54) is 5.69 Å². The summed E-state index contributed by atoms with van der Waals surface area (Å²) in [4.78, 5) is 4.03. The van der Waals surface area contributed by atoms with Gasteiger partial charge in [0.1, 0.15) is 0 Å². The highest BCUT2D eigenvalue weighted by Crippen LogP contribution is 2.19. The molecular weight excluding hydrogens is 266 g/mol. The third kappa shape index (κ3) is 3.48. The Balaban J connectivity index is 2.06. The second kappa shape index (κ2) is 6.39. The van der Waals surface area contributed by atoms with Gasteiger partial charge in [0.2, 0.25) is 0 Å². The van der Waals surface area contributed by atoms with Gasteiger partial charge in [0.25, 0.3) is 0 Å². The molecule has 20 heavy (non-hydrogen) atoms. The number of nitrogens with one attached hydrogen (secondary N) is 1. The van der Waals surface area contributed by atoms with Gasteiger partial charge in [-0.2, -0.15) is 0 Å². The van der Waals surface area contributed by atoms with Crippen LogP contribution in [0.2, 0.25) is 0 Å². The minimum absolute atomic E-state index is 0.675. The van der Waals surface area contributed by atoms with Gasteiger partial charge < -0.3 is 15.1 Å². The first-order valence-corrected chi connectivity index (χ1v) is 6.86. The van der Waals surface area contributed by atoms with Gasteiger partial charge in [-0.3, -0.25) is 0 Å². The van der Waals surface area contributed by atoms with Crippen LogP contribution in [0.4, 0.5) is 17.1 Å². The van der Waals surface area contributed by atoms with Crippen LogP contribution >= 0.6 is 12.2 Å². The SMILES string of the molecule is CN(C)c1ccc(N(C)C(=S)Nc2ccccc2)cc1. The number of rotatable bonds is 3. The lowest BCUT2D eigenvalue weighted by molar-refractivity contribution is 1.13. The highest BCUT2D eigenvalue weighted by Gasteiger charge is 2.07. The summed E-state index contributed by atoms with van der Waals surface area (Å²) in [6.07, 6.45) is 0. The van der Waals surface area contributed by atoms with E-state index in [1.807, 2.05) is 56.4 Å². The molecule has 0 aliphatic carbocycles. The lowest BCUT2D eigenvalue weighted by Gasteiger charge is -2.22. The monoisotopic (exact) mass is 285 g/mol. The smallest absolute Gasteiger partial charge is 0.177 e. The largest absolute Gasteiger partial charge is 0.378 e. The zero-order valence-corrected chi connectivity index (χ0v) is 12.8. The molecule has 2 rings (SSSR count). The molecule has 0 fully saturated rings. The van der Waals surface area contributed by atoms with Crippen molar-refractivity contribution in [1.29, 1.82) is 0 Å². The van der Waals surface area contributed by atoms with E-state index >= 15 is 0 Å². The van der Waals surface area contributed by atoms with Gasteiger partial charge in [-0.1, -0.05) is 18.2 Å². The Morgan fingerprint density at radius 2 is 1.40 bits per heavy atom. The molecule has 1 N–H and O–H groups in total. The molecule has 3 nitrogen and oxygen atoms in total. The van der Waals surface area contributed by atoms with E-state index in [0.29, 0.717) is 5.11 Å². The molecule has 0 aliphatic rings. The summed E-state index contributed by atoms with van der Waals surface area (Å²) < 4.78 is 0. The molecule has 0 bridgehead atoms. The van der Waals surface area contributed by atoms with Crippen molar-refractivity contribution in [2.75, 3.05) is 36.3 Å². The van der Waals surface area contributed by atoms with Gasteiger partial charge in [0, 0.05) is 38.2 Å². The van der Waals surface area contributed by atoms with E-state index in [2.05, 4.69) is 34.5 Å². The number of hydrogen-bond acceptors (Lipinski definition) is 2. The Hall–Kier alpha value is -2.07. The van der Waals surface area contributed by atoms with Crippen LogP contribution < -0.4 is 15.1 Å². The van der Waals surface area contributed by atoms with Gasteiger partial charge in [-0.25, -0.2) is 0 Å². The molecule has 0 heterocycles. The molecule has 0 aliphatic heterocycles. The summed E-state index contributed by atoms with van der Waals surface area (Å²) in [5, 5.41) is 3.90. The maximum Gasteiger partial charge on any atom is 0.177 e. The van der Waals surface area contributed by atoms with Crippen LogP contribution in [0.25, 0.3) is 0 Å². The average molecular weight is 285 g/mol. The molecule has 0 unspecified atom stereocenters. The third-order valence-corrected chi connectivity index (χ3v) is 3.46. The van der Waals surface area contributed by atoms with Crippen molar-refractivity contribution in [3.63, 3.8) is 0 Å². The molecule has 0 spiro atoms. The summed E-state index contributed by atoms with van der Waals surface area (Å²) in [6, 6.07) is 18.2. The van der Waals surface area contributed by atoms with Gasteiger partial charge in [0.05, 0.1) is 0 Å². The first kappa shape index (κ1) is 14.3. The van der Waals surface area contributed by atoms with E-state index < -0.39 is 0 Å². The van der Waals surface area contributed by atoms with E-state index in [-0.39, 0.29) is 0 Å². The highest BCUT2D eigenvalue weighted by atomic mass is 32.1. The summed E-state index contributed by atoms with van der Waals surface area (Å²) in [6.45, 7) is 0. The van der Waals surface area contributed by atoms with Gasteiger partial charge in [0.15, 0.2) is 5.11 Å². The number of hydrogen-bond donors (Lipinski definition) is 1. The lowest BCUT2D eigenvalue weighted by atomic mass is 10.2. The maximum atomic E-state index is 5.43. The molecule has 2 aromatic carbocycles. The standard InChI is InChI=1S/C16H19N3S/c1-18(2)14-9-11-15(12-10-14)19(3)16(20)17-13-7-5-4-6-8-13/h4-12H,1-3H3,(H,17,20). The van der Waals surface area contributed by atoms with Crippen molar-refractivity contribution in [3.05, 3.63) is 54.6 Å². The van der Waals surface area contributed by atoms with Gasteiger partial charge >= 0.3 is 0 Å². The van der Waals surface area contributed by atoms with Crippen molar-refractivity contribution < 1.29 is 0 Å². The number of thiocarbonyl (C=S) groups is 1. The Kier molecular flexibility index (Phi) is 4.58. The fourth-order valence-electron chi connectivity index (χ4n) is 1.82. The van der Waals surface area contributed by atoms with Crippen LogP contribution in [-0.2, 0) is 0 Å². The summed E-state index contributed by atoms with van der Waals surface area (Å²) in [7, 11) is 6.02. The minimum Gasteiger partial charge on any atom is -0.378 e. The zero-order valence-electron chi connectivity index (χ0n) is 12.0. The Morgan fingerprint density at radius 1 is 0.850 bits per heavy atom. The lowest BCUT2D eigenvalue weighted by Crippen LogP contribution is -2.30. The minimum atomic E-state index is 0.675. The Labute approximate surface area is 125 Å². The predicted octanol–water partition coefficient (Wildman–Crippen LogP) is 3.59. The first-order valence-electron chi connectivity index (χ1n) is 6.45. The predicted molar refractivity (Wildman–Crippen MR) is 91.8 cm³/mol. The number of para-hydroxylation sites is 1. The van der Waals surface area contributed by atoms with Crippen LogP contribution in [0, 0.1) is 0 Å². The van der Waals surface area contributed by atoms with Crippen LogP contribution in [0.3, 0.4) is 0 Å². The van der Waals surface area contributed by atoms with E-state index in [4.69, 9.17) is 12.2 Å². The third-order valence-electron chi connectivity index (χ3n) is 3.08. The summed E-state index contributed by atoms with van der Waals surface area (Å²) >= 11 is 5.43. The van der Waals surface area contributed by atoms with Gasteiger partial charge in [-0.05, 0) is 48.6 Å². The van der Waals surface area contributed by atoms with Gasteiger partial charge in [-0.15, -0.1) is 0 Å². The molecule has 0 saturated carbocycles. The fraction of sp³-hybridized carbons (Fsp3) is 0.188. The van der Waals surface area contributed by atoms with E-state index in [1.54, 1.807) is 0 Å². The number of benzene rings is 2. The molecule has 104 valence electrons. The molecule has 0 atom stereocenters. The number of nitrogens with zero attached hydrogens (tertiary/aromatic N) is 2. The highest BCUT2D eigenvalue weighted by molar-refractivity contribution is 7.80. The molecule has 4 heteroatoms. The van der Waals surface area contributed by atoms with Crippen molar-refractivity contribution in [1.82, 2.24) is 0 Å². The molecule has 2 aromatic rings. The van der Waals surface area contributed by atoms with E-state index in [9.17, 15) is 0 Å². The summed E-state index contributed by atoms with van der Waals surface area (Å²) in [5.74, 6) is 0. The molecule has 0 radical (unpaired) electrons. The van der Waals surface area contributed by atoms with Crippen molar-refractivity contribution in [3.8, 4) is 0 Å². The Bertz CT molecular complexity index is 564. The van der Waals surface area contributed by atoms with Crippen molar-refractivity contribution in [2.24, 2.45) is 0 Å². The molecule has 0 saturated heterocycles. The summed E-state index contributed by atoms with van der Waals surface area (Å²) in [5.41, 5.74) is 3.22. The van der Waals surface area contributed by atoms with E-state index in [0.717, 1.165) is 11.4 Å². The molecular formula is C16H19N3S.